The first-order chi connectivity index (χ1) is 12.8. The van der Waals surface area contributed by atoms with Gasteiger partial charge >= 0.3 is 0 Å². The fourth-order valence-electron chi connectivity index (χ4n) is 3.92. The van der Waals surface area contributed by atoms with E-state index in [2.05, 4.69) is 36.9 Å². The minimum absolute atomic E-state index is 0.132. The molecule has 2 fully saturated rings. The van der Waals surface area contributed by atoms with Crippen LogP contribution in [-0.2, 0) is 11.2 Å². The van der Waals surface area contributed by atoms with E-state index >= 15 is 0 Å². The molecule has 1 unspecified atom stereocenters. The van der Waals surface area contributed by atoms with E-state index in [1.165, 1.54) is 19.3 Å². The number of aromatic amines is 1. The molecule has 0 spiro atoms. The molecule has 26 heavy (non-hydrogen) atoms. The minimum atomic E-state index is -0.132. The molecule has 0 bridgehead atoms. The second-order valence-corrected chi connectivity index (χ2v) is 7.02. The lowest BCUT2D eigenvalue weighted by Crippen LogP contribution is -2.49. The molecule has 0 saturated carbocycles. The molecular weight excluding hydrogens is 332 g/mol. The third kappa shape index (κ3) is 2.69. The van der Waals surface area contributed by atoms with E-state index in [4.69, 9.17) is 9.26 Å². The Morgan fingerprint density at radius 1 is 1.31 bits per heavy atom. The van der Waals surface area contributed by atoms with Gasteiger partial charge < -0.3 is 14.2 Å². The third-order valence-electron chi connectivity index (χ3n) is 5.38. The summed E-state index contributed by atoms with van der Waals surface area (Å²) in [4.78, 5) is 19.2. The molecule has 2 saturated heterocycles. The molecule has 5 heterocycles. The molecule has 3 aromatic rings. The van der Waals surface area contributed by atoms with Crippen molar-refractivity contribution in [2.24, 2.45) is 0 Å². The zero-order chi connectivity index (χ0) is 17.5. The topological polar surface area (TPSA) is 93.0 Å². The predicted molar refractivity (Wildman–Crippen MR) is 94.5 cm³/mol. The van der Waals surface area contributed by atoms with Crippen molar-refractivity contribution in [3.05, 3.63) is 23.9 Å². The van der Waals surface area contributed by atoms with Crippen LogP contribution in [0.3, 0.4) is 0 Å². The molecule has 0 aromatic carbocycles. The number of pyridine rings is 1. The van der Waals surface area contributed by atoms with Gasteiger partial charge in [0, 0.05) is 25.2 Å². The molecule has 2 aliphatic rings. The van der Waals surface area contributed by atoms with Crippen molar-refractivity contribution in [2.75, 3.05) is 19.7 Å². The van der Waals surface area contributed by atoms with Gasteiger partial charge in [-0.05, 0) is 25.5 Å². The predicted octanol–water partition coefficient (Wildman–Crippen LogP) is 2.50. The number of morpholine rings is 1. The van der Waals surface area contributed by atoms with Crippen molar-refractivity contribution < 1.29 is 9.26 Å². The smallest absolute Gasteiger partial charge is 0.260 e. The molecule has 8 heteroatoms. The molecule has 8 nitrogen and oxygen atoms in total. The molecule has 3 aromatic heterocycles. The van der Waals surface area contributed by atoms with Gasteiger partial charge in [0.15, 0.2) is 5.65 Å². The summed E-state index contributed by atoms with van der Waals surface area (Å²) in [6, 6.07) is 2.42. The van der Waals surface area contributed by atoms with Crippen LogP contribution in [0.15, 0.2) is 16.8 Å². The van der Waals surface area contributed by atoms with Gasteiger partial charge in [0.2, 0.25) is 5.82 Å². The lowest BCUT2D eigenvalue weighted by atomic mass is 10.0. The van der Waals surface area contributed by atoms with Gasteiger partial charge in [0.05, 0.1) is 17.7 Å². The number of H-pyrrole nitrogens is 1. The standard InChI is InChI=1S/C18H22N6O2/c1-2-14-20-15-12(6-7-19-17(15)21-14)18-22-16(23-26-18)13-9-24-8-4-3-5-11(24)10-25-13/h6-7,11,13H,2-5,8-10H2,1H3,(H,19,20,21)/t11?,13-/m1/s1. The number of hydrogen-bond donors (Lipinski definition) is 1. The number of nitrogens with one attached hydrogen (secondary N) is 1. The van der Waals surface area contributed by atoms with Crippen molar-refractivity contribution in [3.8, 4) is 11.5 Å². The number of hydrogen-bond acceptors (Lipinski definition) is 7. The molecule has 0 amide bonds. The lowest BCUT2D eigenvalue weighted by Gasteiger charge is -2.41. The first kappa shape index (κ1) is 15.9. The number of ether oxygens (including phenoxy) is 1. The maximum atomic E-state index is 6.03. The van der Waals surface area contributed by atoms with Crippen molar-refractivity contribution in [1.82, 2.24) is 30.0 Å². The monoisotopic (exact) mass is 354 g/mol. The van der Waals surface area contributed by atoms with Crippen LogP contribution >= 0.6 is 0 Å². The van der Waals surface area contributed by atoms with E-state index in [9.17, 15) is 0 Å². The average Bonchev–Trinajstić information content (AvgIpc) is 3.34. The minimum Gasteiger partial charge on any atom is -0.367 e. The Balaban J connectivity index is 1.43. The maximum Gasteiger partial charge on any atom is 0.260 e. The van der Waals surface area contributed by atoms with Crippen LogP contribution in [0.5, 0.6) is 0 Å². The number of fused-ring (bicyclic) bond motifs is 2. The summed E-state index contributed by atoms with van der Waals surface area (Å²) in [5.41, 5.74) is 2.33. The van der Waals surface area contributed by atoms with Crippen molar-refractivity contribution in [3.63, 3.8) is 0 Å². The summed E-state index contributed by atoms with van der Waals surface area (Å²) < 4.78 is 11.6. The second kappa shape index (κ2) is 6.44. The van der Waals surface area contributed by atoms with Crippen molar-refractivity contribution in [1.29, 1.82) is 0 Å². The normalized spacial score (nSPS) is 24.0. The largest absolute Gasteiger partial charge is 0.367 e. The van der Waals surface area contributed by atoms with Crippen LogP contribution < -0.4 is 0 Å². The summed E-state index contributed by atoms with van der Waals surface area (Å²) in [7, 11) is 0. The van der Waals surface area contributed by atoms with E-state index in [1.54, 1.807) is 6.20 Å². The molecule has 5 rings (SSSR count). The summed E-state index contributed by atoms with van der Waals surface area (Å²) in [5, 5.41) is 4.20. The molecule has 0 radical (unpaired) electrons. The Hall–Kier alpha value is -2.32. The van der Waals surface area contributed by atoms with E-state index in [1.807, 2.05) is 6.07 Å². The second-order valence-electron chi connectivity index (χ2n) is 7.02. The van der Waals surface area contributed by atoms with Gasteiger partial charge in [-0.3, -0.25) is 4.90 Å². The Morgan fingerprint density at radius 2 is 2.27 bits per heavy atom. The van der Waals surface area contributed by atoms with Crippen LogP contribution in [0, 0.1) is 0 Å². The highest BCUT2D eigenvalue weighted by Gasteiger charge is 2.33. The third-order valence-corrected chi connectivity index (χ3v) is 5.38. The van der Waals surface area contributed by atoms with E-state index < -0.39 is 0 Å². The molecular formula is C18H22N6O2. The summed E-state index contributed by atoms with van der Waals surface area (Å²) >= 11 is 0. The van der Waals surface area contributed by atoms with Crippen LogP contribution in [0.25, 0.3) is 22.6 Å². The van der Waals surface area contributed by atoms with Gasteiger partial charge in [0.25, 0.3) is 5.89 Å². The van der Waals surface area contributed by atoms with Gasteiger partial charge in [0.1, 0.15) is 11.9 Å². The van der Waals surface area contributed by atoms with E-state index in [0.29, 0.717) is 23.4 Å². The zero-order valence-corrected chi connectivity index (χ0v) is 14.8. The number of imidazole rings is 1. The Bertz CT molecular complexity index is 919. The average molecular weight is 354 g/mol. The fraction of sp³-hybridized carbons (Fsp3) is 0.556. The number of aromatic nitrogens is 5. The highest BCUT2D eigenvalue weighted by molar-refractivity contribution is 5.86. The van der Waals surface area contributed by atoms with E-state index in [0.717, 1.165) is 43.0 Å². The number of nitrogens with zero attached hydrogens (tertiary/aromatic N) is 5. The van der Waals surface area contributed by atoms with Crippen LogP contribution in [0.2, 0.25) is 0 Å². The quantitative estimate of drug-likeness (QED) is 0.772. The fourth-order valence-corrected chi connectivity index (χ4v) is 3.92. The van der Waals surface area contributed by atoms with Crippen LogP contribution in [0.4, 0.5) is 0 Å². The molecule has 2 atom stereocenters. The van der Waals surface area contributed by atoms with Gasteiger partial charge in [-0.25, -0.2) is 9.97 Å². The molecule has 1 N–H and O–H groups in total. The highest BCUT2D eigenvalue weighted by atomic mass is 16.5. The first-order valence-electron chi connectivity index (χ1n) is 9.35. The maximum absolute atomic E-state index is 6.03. The molecule has 136 valence electrons. The molecule has 2 aliphatic heterocycles. The number of piperidine rings is 1. The summed E-state index contributed by atoms with van der Waals surface area (Å²) in [6.07, 6.45) is 6.18. The first-order valence-corrected chi connectivity index (χ1v) is 9.35. The highest BCUT2D eigenvalue weighted by Crippen LogP contribution is 2.30. The molecule has 0 aliphatic carbocycles. The van der Waals surface area contributed by atoms with Gasteiger partial charge in [-0.15, -0.1) is 0 Å². The number of aryl methyl sites for hydroxylation is 1. The summed E-state index contributed by atoms with van der Waals surface area (Å²) in [6.45, 7) is 4.76. The van der Waals surface area contributed by atoms with Gasteiger partial charge in [-0.1, -0.05) is 18.5 Å². The Morgan fingerprint density at radius 3 is 3.19 bits per heavy atom. The van der Waals surface area contributed by atoms with Crippen LogP contribution in [-0.4, -0.2) is 55.7 Å². The summed E-state index contributed by atoms with van der Waals surface area (Å²) in [5.74, 6) is 1.98. The lowest BCUT2D eigenvalue weighted by molar-refractivity contribution is -0.0805. The SMILES string of the molecule is CCc1nc2nccc(-c3nc([C@H]4CN5CCCCC5CO4)no3)c2[nH]1. The Labute approximate surface area is 151 Å². The zero-order valence-electron chi connectivity index (χ0n) is 14.8. The number of rotatable bonds is 3. The van der Waals surface area contributed by atoms with Crippen molar-refractivity contribution in [2.45, 2.75) is 44.8 Å². The van der Waals surface area contributed by atoms with Gasteiger partial charge in [-0.2, -0.15) is 4.98 Å². The Kier molecular flexibility index (Phi) is 3.94. The van der Waals surface area contributed by atoms with Crippen molar-refractivity contribution >= 4 is 11.2 Å². The van der Waals surface area contributed by atoms with E-state index in [-0.39, 0.29) is 6.10 Å². The van der Waals surface area contributed by atoms with Crippen LogP contribution in [0.1, 0.15) is 43.9 Å².